The van der Waals surface area contributed by atoms with E-state index in [1.807, 2.05) is 0 Å². The Morgan fingerprint density at radius 3 is 1.82 bits per heavy atom. The summed E-state index contributed by atoms with van der Waals surface area (Å²) >= 11 is 0. The van der Waals surface area contributed by atoms with Gasteiger partial charge in [-0.3, -0.25) is 0 Å². The van der Waals surface area contributed by atoms with Crippen molar-refractivity contribution in [3.63, 3.8) is 0 Å². The molecule has 288 valence electrons. The molecule has 9 aromatic rings. The van der Waals surface area contributed by atoms with Gasteiger partial charge in [-0.25, -0.2) is 0 Å². The van der Waals surface area contributed by atoms with Crippen molar-refractivity contribution in [3.8, 4) is 39.1 Å². The van der Waals surface area contributed by atoms with Crippen molar-refractivity contribution in [3.05, 3.63) is 191 Å². The Kier molecular flexibility index (Phi) is 6.55. The highest BCUT2D eigenvalue weighted by atomic mass is 16.7. The molecule has 2 aliphatic heterocycles. The van der Waals surface area contributed by atoms with Crippen LogP contribution in [0.3, 0.4) is 0 Å². The Bertz CT molecular complexity index is 3320. The summed E-state index contributed by atoms with van der Waals surface area (Å²) in [7, 11) is -0.425. The molecule has 1 aromatic heterocycles. The van der Waals surface area contributed by atoms with Crippen molar-refractivity contribution in [2.45, 2.75) is 63.6 Å². The SMILES string of the molecule is CC1(C)c2ccccc2C2(c3ccccc31)c1ccc(-c3ccc4ccc(B5OC(C)(C)C(C)(C)O5)cc4c3)c3c1-c1c2ccc2c4ccccc4n(c12)-c1ccccc1-3. The first-order chi connectivity index (χ1) is 29.0. The van der Waals surface area contributed by atoms with Gasteiger partial charge in [-0.15, -0.1) is 0 Å². The molecule has 0 radical (unpaired) electrons. The van der Waals surface area contributed by atoms with E-state index >= 15 is 0 Å². The molecule has 8 aromatic carbocycles. The Morgan fingerprint density at radius 2 is 1.07 bits per heavy atom. The third-order valence-electron chi connectivity index (χ3n) is 15.2. The van der Waals surface area contributed by atoms with Crippen LogP contribution >= 0.6 is 0 Å². The number of hydrogen-bond donors (Lipinski definition) is 0. The Balaban J connectivity index is 1.16. The van der Waals surface area contributed by atoms with E-state index in [4.69, 9.17) is 9.31 Å². The lowest BCUT2D eigenvalue weighted by atomic mass is 9.55. The maximum atomic E-state index is 6.53. The third kappa shape index (κ3) is 4.09. The summed E-state index contributed by atoms with van der Waals surface area (Å²) in [6.45, 7) is 13.3. The topological polar surface area (TPSA) is 23.4 Å². The molecule has 0 unspecified atom stereocenters. The molecule has 1 saturated heterocycles. The number of nitrogens with zero attached hydrogens (tertiary/aromatic N) is 1. The molecular weight excluding hydrogens is 729 g/mol. The molecule has 4 heteroatoms. The van der Waals surface area contributed by atoms with E-state index in [1.165, 1.54) is 105 Å². The number of aromatic nitrogens is 1. The fraction of sp³-hybridized carbons (Fsp3) is 0.179. The van der Waals surface area contributed by atoms with Crippen LogP contribution in [0.2, 0.25) is 0 Å². The maximum Gasteiger partial charge on any atom is 0.494 e. The lowest BCUT2D eigenvalue weighted by Gasteiger charge is -2.46. The van der Waals surface area contributed by atoms with Crippen LogP contribution in [0.25, 0.3) is 71.6 Å². The highest BCUT2D eigenvalue weighted by molar-refractivity contribution is 6.62. The van der Waals surface area contributed by atoms with Crippen molar-refractivity contribution in [2.75, 3.05) is 0 Å². The molecular formula is C56H44BNO2. The lowest BCUT2D eigenvalue weighted by Crippen LogP contribution is -2.41. The van der Waals surface area contributed by atoms with E-state index in [0.717, 1.165) is 5.46 Å². The van der Waals surface area contributed by atoms with Gasteiger partial charge in [0, 0.05) is 27.3 Å². The van der Waals surface area contributed by atoms with Crippen molar-refractivity contribution in [1.29, 1.82) is 0 Å². The summed E-state index contributed by atoms with van der Waals surface area (Å²) in [5.41, 5.74) is 19.2. The Labute approximate surface area is 351 Å². The van der Waals surface area contributed by atoms with Crippen LogP contribution in [0.4, 0.5) is 0 Å². The number of rotatable bonds is 2. The largest absolute Gasteiger partial charge is 0.494 e. The van der Waals surface area contributed by atoms with Gasteiger partial charge in [0.2, 0.25) is 0 Å². The zero-order valence-electron chi connectivity index (χ0n) is 34.9. The quantitative estimate of drug-likeness (QED) is 0.163. The molecule has 1 fully saturated rings. The fourth-order valence-electron chi connectivity index (χ4n) is 11.7. The number of fused-ring (bicyclic) bond motifs is 13. The van der Waals surface area contributed by atoms with Gasteiger partial charge in [-0.2, -0.15) is 0 Å². The predicted octanol–water partition coefficient (Wildman–Crippen LogP) is 12.9. The molecule has 0 saturated carbocycles. The number of hydrogen-bond acceptors (Lipinski definition) is 2. The van der Waals surface area contributed by atoms with E-state index in [1.54, 1.807) is 0 Å². The second-order valence-electron chi connectivity index (χ2n) is 19.0. The average molecular weight is 774 g/mol. The summed E-state index contributed by atoms with van der Waals surface area (Å²) in [4.78, 5) is 0. The summed E-state index contributed by atoms with van der Waals surface area (Å²) < 4.78 is 15.6. The average Bonchev–Trinajstić information content (AvgIpc) is 3.79. The Hall–Kier alpha value is -6.20. The second-order valence-corrected chi connectivity index (χ2v) is 19.0. The van der Waals surface area contributed by atoms with E-state index < -0.39 is 23.7 Å². The van der Waals surface area contributed by atoms with E-state index in [-0.39, 0.29) is 5.41 Å². The molecule has 1 spiro atoms. The molecule has 0 atom stereocenters. The zero-order chi connectivity index (χ0) is 40.5. The molecule has 0 amide bonds. The smallest absolute Gasteiger partial charge is 0.399 e. The van der Waals surface area contributed by atoms with Crippen LogP contribution in [-0.4, -0.2) is 22.9 Å². The predicted molar refractivity (Wildman–Crippen MR) is 248 cm³/mol. The van der Waals surface area contributed by atoms with Crippen LogP contribution in [0.5, 0.6) is 0 Å². The summed E-state index contributed by atoms with van der Waals surface area (Å²) in [6, 6.07) is 60.0. The van der Waals surface area contributed by atoms with Crippen LogP contribution in [0.15, 0.2) is 158 Å². The van der Waals surface area contributed by atoms with E-state index in [9.17, 15) is 0 Å². The Morgan fingerprint density at radius 1 is 0.450 bits per heavy atom. The number of benzene rings is 8. The molecule has 3 nitrogen and oxygen atoms in total. The minimum absolute atomic E-state index is 0.170. The minimum atomic E-state index is -0.510. The third-order valence-corrected chi connectivity index (χ3v) is 15.2. The monoisotopic (exact) mass is 773 g/mol. The van der Waals surface area contributed by atoms with Crippen molar-refractivity contribution in [1.82, 2.24) is 4.57 Å². The molecule has 0 bridgehead atoms. The number of para-hydroxylation sites is 2. The zero-order valence-corrected chi connectivity index (χ0v) is 34.9. The summed E-state index contributed by atoms with van der Waals surface area (Å²) in [6.07, 6.45) is 0. The van der Waals surface area contributed by atoms with Gasteiger partial charge in [0.15, 0.2) is 0 Å². The van der Waals surface area contributed by atoms with Gasteiger partial charge in [-0.1, -0.05) is 153 Å². The first-order valence-electron chi connectivity index (χ1n) is 21.4. The minimum Gasteiger partial charge on any atom is -0.399 e. The summed E-state index contributed by atoms with van der Waals surface area (Å²) in [5, 5.41) is 4.94. The van der Waals surface area contributed by atoms with Gasteiger partial charge in [0.25, 0.3) is 0 Å². The molecule has 4 aliphatic rings. The highest BCUT2D eigenvalue weighted by Crippen LogP contribution is 2.66. The van der Waals surface area contributed by atoms with E-state index in [2.05, 4.69) is 204 Å². The van der Waals surface area contributed by atoms with Crippen molar-refractivity contribution < 1.29 is 9.31 Å². The van der Waals surface area contributed by atoms with Gasteiger partial charge >= 0.3 is 7.12 Å². The molecule has 60 heavy (non-hydrogen) atoms. The van der Waals surface area contributed by atoms with Crippen LogP contribution < -0.4 is 5.46 Å². The van der Waals surface area contributed by atoms with Crippen LogP contribution in [0.1, 0.15) is 74.9 Å². The van der Waals surface area contributed by atoms with Gasteiger partial charge in [0.1, 0.15) is 0 Å². The molecule has 0 N–H and O–H groups in total. The van der Waals surface area contributed by atoms with Gasteiger partial charge in [0.05, 0.1) is 33.3 Å². The normalized spacial score (nSPS) is 17.9. The highest BCUT2D eigenvalue weighted by Gasteiger charge is 2.55. The van der Waals surface area contributed by atoms with Gasteiger partial charge in [-0.05, 0) is 118 Å². The van der Waals surface area contributed by atoms with Crippen molar-refractivity contribution in [2.24, 2.45) is 0 Å². The van der Waals surface area contributed by atoms with Crippen LogP contribution in [-0.2, 0) is 20.1 Å². The van der Waals surface area contributed by atoms with Gasteiger partial charge < -0.3 is 13.9 Å². The first-order valence-corrected chi connectivity index (χ1v) is 21.4. The van der Waals surface area contributed by atoms with Crippen LogP contribution in [0, 0.1) is 0 Å². The second kappa shape index (κ2) is 11.3. The summed E-state index contributed by atoms with van der Waals surface area (Å²) in [5.74, 6) is 0. The van der Waals surface area contributed by atoms with Crippen molar-refractivity contribution >= 4 is 45.2 Å². The standard InChI is InChI=1S/C56H44BNO2/c1-53(2)41-17-9-11-19-43(41)56(44-20-12-10-18-42(44)53)45-29-27-37(34-24-23-33-25-26-36(32-35(33)31-34)57-59-54(3,4)55(5,6)60-57)49-40-16-8-14-22-48(40)58-47-21-13-7-15-38(47)39-28-30-46(56)51(50(45)49)52(39)58/h7-32H,1-6H3. The molecule has 3 heterocycles. The molecule has 2 aliphatic carbocycles. The maximum absolute atomic E-state index is 6.53. The lowest BCUT2D eigenvalue weighted by molar-refractivity contribution is 0.00578. The molecule has 13 rings (SSSR count). The fourth-order valence-corrected chi connectivity index (χ4v) is 11.7. The first kappa shape index (κ1) is 34.6. The van der Waals surface area contributed by atoms with E-state index in [0.29, 0.717) is 0 Å².